The average Bonchev–Trinajstić information content (AvgIpc) is 2.33. The Morgan fingerprint density at radius 1 is 1.33 bits per heavy atom. The van der Waals surface area contributed by atoms with Crippen molar-refractivity contribution in [3.05, 3.63) is 63.3 Å². The molecule has 92 valence electrons. The van der Waals surface area contributed by atoms with Gasteiger partial charge in [-0.1, -0.05) is 11.6 Å². The van der Waals surface area contributed by atoms with E-state index in [4.69, 9.17) is 11.6 Å². The molecule has 0 unspecified atom stereocenters. The highest BCUT2D eigenvalue weighted by Gasteiger charge is 2.11. The first-order valence-corrected chi connectivity index (χ1v) is 5.39. The maximum absolute atomic E-state index is 12.8. The molecule has 0 aliphatic heterocycles. The van der Waals surface area contributed by atoms with Crippen LogP contribution in [-0.4, -0.2) is 10.9 Å². The summed E-state index contributed by atoms with van der Waals surface area (Å²) in [5.41, 5.74) is -0.214. The molecule has 18 heavy (non-hydrogen) atoms. The van der Waals surface area contributed by atoms with Crippen molar-refractivity contribution in [3.63, 3.8) is 0 Å². The summed E-state index contributed by atoms with van der Waals surface area (Å²) in [6.07, 6.45) is 2.71. The molecule has 1 heterocycles. The number of benzene rings is 1. The van der Waals surface area contributed by atoms with Gasteiger partial charge in [-0.25, -0.2) is 4.39 Å². The van der Waals surface area contributed by atoms with Crippen LogP contribution in [0.1, 0.15) is 10.4 Å². The SMILES string of the molecule is O=C(Nc1ccc(F)cc1Cl)c1c[nH]ccc1=O. The molecule has 0 aliphatic rings. The molecule has 0 atom stereocenters. The zero-order valence-electron chi connectivity index (χ0n) is 9.04. The van der Waals surface area contributed by atoms with Crippen LogP contribution < -0.4 is 10.7 Å². The fraction of sp³-hybridized carbons (Fsp3) is 0. The van der Waals surface area contributed by atoms with Gasteiger partial charge in [-0.05, 0) is 18.2 Å². The van der Waals surface area contributed by atoms with Crippen molar-refractivity contribution in [2.24, 2.45) is 0 Å². The number of rotatable bonds is 2. The van der Waals surface area contributed by atoms with Gasteiger partial charge in [0.25, 0.3) is 5.91 Å². The van der Waals surface area contributed by atoms with Crippen molar-refractivity contribution in [2.75, 3.05) is 5.32 Å². The molecule has 4 nitrogen and oxygen atoms in total. The lowest BCUT2D eigenvalue weighted by Gasteiger charge is -2.06. The minimum absolute atomic E-state index is 0.0436. The van der Waals surface area contributed by atoms with Crippen LogP contribution in [0.15, 0.2) is 41.5 Å². The smallest absolute Gasteiger partial charge is 0.261 e. The Morgan fingerprint density at radius 2 is 2.11 bits per heavy atom. The molecule has 0 bridgehead atoms. The van der Waals surface area contributed by atoms with Crippen molar-refractivity contribution in [1.82, 2.24) is 4.98 Å². The molecule has 0 saturated heterocycles. The Balaban J connectivity index is 2.27. The summed E-state index contributed by atoms with van der Waals surface area (Å²) in [6.45, 7) is 0. The third-order valence-electron chi connectivity index (χ3n) is 2.25. The van der Waals surface area contributed by atoms with E-state index in [1.165, 1.54) is 24.5 Å². The standard InChI is InChI=1S/C12H8ClFN2O2/c13-9-5-7(14)1-2-10(9)16-12(18)8-6-15-4-3-11(8)17/h1-6H,(H,15,17)(H,16,18). The number of hydrogen-bond acceptors (Lipinski definition) is 2. The average molecular weight is 267 g/mol. The van der Waals surface area contributed by atoms with Gasteiger partial charge in [-0.15, -0.1) is 0 Å². The highest BCUT2D eigenvalue weighted by Crippen LogP contribution is 2.22. The van der Waals surface area contributed by atoms with E-state index in [1.54, 1.807) is 0 Å². The molecule has 2 rings (SSSR count). The van der Waals surface area contributed by atoms with E-state index in [1.807, 2.05) is 0 Å². The molecule has 0 saturated carbocycles. The molecule has 1 amide bonds. The predicted octanol–water partition coefficient (Wildman–Crippen LogP) is 2.42. The van der Waals surface area contributed by atoms with Crippen LogP contribution in [0.4, 0.5) is 10.1 Å². The lowest BCUT2D eigenvalue weighted by molar-refractivity contribution is 0.102. The Hall–Kier alpha value is -2.14. The molecule has 2 aromatic rings. The number of carbonyl (C=O) groups excluding carboxylic acids is 1. The number of nitrogens with one attached hydrogen (secondary N) is 2. The second-order valence-electron chi connectivity index (χ2n) is 3.50. The molecule has 1 aromatic heterocycles. The first kappa shape index (κ1) is 12.3. The van der Waals surface area contributed by atoms with E-state index in [-0.39, 0.29) is 16.3 Å². The number of carbonyl (C=O) groups is 1. The van der Waals surface area contributed by atoms with Gasteiger partial charge in [0.1, 0.15) is 11.4 Å². The lowest BCUT2D eigenvalue weighted by Crippen LogP contribution is -2.21. The maximum atomic E-state index is 12.8. The van der Waals surface area contributed by atoms with E-state index < -0.39 is 17.2 Å². The van der Waals surface area contributed by atoms with Crippen molar-refractivity contribution in [1.29, 1.82) is 0 Å². The number of amides is 1. The molecule has 0 aliphatic carbocycles. The van der Waals surface area contributed by atoms with Crippen molar-refractivity contribution < 1.29 is 9.18 Å². The van der Waals surface area contributed by atoms with E-state index in [9.17, 15) is 14.0 Å². The summed E-state index contributed by atoms with van der Waals surface area (Å²) in [6, 6.07) is 4.80. The number of pyridine rings is 1. The minimum Gasteiger partial charge on any atom is -0.367 e. The van der Waals surface area contributed by atoms with E-state index >= 15 is 0 Å². The van der Waals surface area contributed by atoms with Crippen LogP contribution in [0.3, 0.4) is 0 Å². The monoisotopic (exact) mass is 266 g/mol. The van der Waals surface area contributed by atoms with Crippen LogP contribution >= 0.6 is 11.6 Å². The summed E-state index contributed by atoms with van der Waals surface area (Å²) in [5, 5.41) is 2.50. The maximum Gasteiger partial charge on any atom is 0.261 e. The first-order valence-electron chi connectivity index (χ1n) is 5.01. The van der Waals surface area contributed by atoms with Gasteiger partial charge in [0.15, 0.2) is 5.43 Å². The van der Waals surface area contributed by atoms with Gasteiger partial charge in [0.2, 0.25) is 0 Å². The van der Waals surface area contributed by atoms with E-state index in [0.29, 0.717) is 0 Å². The van der Waals surface area contributed by atoms with Gasteiger partial charge in [-0.3, -0.25) is 9.59 Å². The highest BCUT2D eigenvalue weighted by atomic mass is 35.5. The van der Waals surface area contributed by atoms with Gasteiger partial charge in [-0.2, -0.15) is 0 Å². The third-order valence-corrected chi connectivity index (χ3v) is 2.56. The third kappa shape index (κ3) is 2.57. The van der Waals surface area contributed by atoms with Gasteiger partial charge < -0.3 is 10.3 Å². The zero-order chi connectivity index (χ0) is 13.1. The van der Waals surface area contributed by atoms with E-state index in [2.05, 4.69) is 10.3 Å². The molecular formula is C12H8ClFN2O2. The second-order valence-corrected chi connectivity index (χ2v) is 3.91. The number of aromatic amines is 1. The molecule has 6 heteroatoms. The minimum atomic E-state index is -0.606. The van der Waals surface area contributed by atoms with Crippen LogP contribution in [0.2, 0.25) is 5.02 Å². The summed E-state index contributed by atoms with van der Waals surface area (Å²) in [5.74, 6) is -1.11. The Kier molecular flexibility index (Phi) is 3.43. The molecule has 2 N–H and O–H groups in total. The summed E-state index contributed by atoms with van der Waals surface area (Å²) in [4.78, 5) is 25.8. The fourth-order valence-corrected chi connectivity index (χ4v) is 1.59. The molecule has 0 fully saturated rings. The summed E-state index contributed by atoms with van der Waals surface area (Å²) >= 11 is 5.76. The van der Waals surface area contributed by atoms with Crippen LogP contribution in [-0.2, 0) is 0 Å². The number of anilines is 1. The van der Waals surface area contributed by atoms with Gasteiger partial charge >= 0.3 is 0 Å². The normalized spacial score (nSPS) is 10.1. The number of aromatic nitrogens is 1. The molecule has 0 radical (unpaired) electrons. The Morgan fingerprint density at radius 3 is 2.78 bits per heavy atom. The fourth-order valence-electron chi connectivity index (χ4n) is 1.37. The van der Waals surface area contributed by atoms with Crippen LogP contribution in [0.25, 0.3) is 0 Å². The van der Waals surface area contributed by atoms with Crippen molar-refractivity contribution in [3.8, 4) is 0 Å². The van der Waals surface area contributed by atoms with Gasteiger partial charge in [0.05, 0.1) is 10.7 Å². The van der Waals surface area contributed by atoms with Crippen molar-refractivity contribution >= 4 is 23.2 Å². The Labute approximate surface area is 106 Å². The zero-order valence-corrected chi connectivity index (χ0v) is 9.79. The topological polar surface area (TPSA) is 62.0 Å². The van der Waals surface area contributed by atoms with Crippen molar-refractivity contribution in [2.45, 2.75) is 0 Å². The first-order chi connectivity index (χ1) is 8.58. The number of hydrogen-bond donors (Lipinski definition) is 2. The number of halogens is 2. The Bertz CT molecular complexity index is 655. The molecule has 0 spiro atoms. The number of H-pyrrole nitrogens is 1. The van der Waals surface area contributed by atoms with Gasteiger partial charge in [0, 0.05) is 18.5 Å². The molecule has 1 aromatic carbocycles. The summed E-state index contributed by atoms with van der Waals surface area (Å²) < 4.78 is 12.8. The quantitative estimate of drug-likeness (QED) is 0.877. The van der Waals surface area contributed by atoms with Crippen LogP contribution in [0.5, 0.6) is 0 Å². The summed E-state index contributed by atoms with van der Waals surface area (Å²) in [7, 11) is 0. The van der Waals surface area contributed by atoms with E-state index in [0.717, 1.165) is 12.1 Å². The lowest BCUT2D eigenvalue weighted by atomic mass is 10.2. The predicted molar refractivity (Wildman–Crippen MR) is 66.4 cm³/mol. The largest absolute Gasteiger partial charge is 0.367 e. The highest BCUT2D eigenvalue weighted by molar-refractivity contribution is 6.33. The van der Waals surface area contributed by atoms with Crippen LogP contribution in [0, 0.1) is 5.82 Å². The second kappa shape index (κ2) is 5.01. The molecular weight excluding hydrogens is 259 g/mol.